The zero-order chi connectivity index (χ0) is 15.9. The Morgan fingerprint density at radius 3 is 2.57 bits per heavy atom. The van der Waals surface area contributed by atoms with Crippen LogP contribution in [-0.2, 0) is 11.3 Å². The third-order valence-electron chi connectivity index (χ3n) is 2.95. The number of amides is 1. The van der Waals surface area contributed by atoms with Gasteiger partial charge in [-0.05, 0) is 26.8 Å². The maximum Gasteiger partial charge on any atom is 0.223 e. The van der Waals surface area contributed by atoms with Crippen LogP contribution in [0.25, 0.3) is 0 Å². The van der Waals surface area contributed by atoms with Crippen LogP contribution in [0.4, 0.5) is 0 Å². The van der Waals surface area contributed by atoms with Crippen molar-refractivity contribution in [1.82, 2.24) is 10.6 Å². The Hall–Kier alpha value is -1.75. The van der Waals surface area contributed by atoms with Crippen molar-refractivity contribution in [3.05, 3.63) is 23.8 Å². The molecule has 0 bridgehead atoms. The monoisotopic (exact) mass is 294 g/mol. The summed E-state index contributed by atoms with van der Waals surface area (Å²) < 4.78 is 11.0. The molecule has 0 fully saturated rings. The van der Waals surface area contributed by atoms with E-state index in [4.69, 9.17) is 9.47 Å². The van der Waals surface area contributed by atoms with Gasteiger partial charge in [-0.25, -0.2) is 0 Å². The largest absolute Gasteiger partial charge is 0.497 e. The summed E-state index contributed by atoms with van der Waals surface area (Å²) in [6.07, 6.45) is 0.333. The molecule has 1 rings (SSSR count). The summed E-state index contributed by atoms with van der Waals surface area (Å²) >= 11 is 0. The summed E-state index contributed by atoms with van der Waals surface area (Å²) in [6, 6.07) is 5.74. The Bertz CT molecular complexity index is 467. The van der Waals surface area contributed by atoms with Gasteiger partial charge in [0.2, 0.25) is 5.91 Å². The van der Waals surface area contributed by atoms with Gasteiger partial charge in [-0.2, -0.15) is 0 Å². The second-order valence-corrected chi connectivity index (χ2v) is 5.85. The number of rotatable bonds is 7. The van der Waals surface area contributed by atoms with Crippen LogP contribution in [0.5, 0.6) is 11.5 Å². The summed E-state index contributed by atoms with van der Waals surface area (Å²) in [4.78, 5) is 11.2. The van der Waals surface area contributed by atoms with Crippen LogP contribution in [0.1, 0.15) is 32.8 Å². The highest BCUT2D eigenvalue weighted by atomic mass is 16.5. The fraction of sp³-hybridized carbons (Fsp3) is 0.562. The molecule has 0 aliphatic rings. The average Bonchev–Trinajstić information content (AvgIpc) is 2.44. The summed E-state index contributed by atoms with van der Waals surface area (Å²) in [7, 11) is 3.24. The van der Waals surface area contributed by atoms with Crippen molar-refractivity contribution in [1.29, 1.82) is 0 Å². The van der Waals surface area contributed by atoms with E-state index in [9.17, 15) is 4.79 Å². The van der Waals surface area contributed by atoms with Gasteiger partial charge in [-0.1, -0.05) is 6.07 Å². The van der Waals surface area contributed by atoms with Crippen molar-refractivity contribution in [2.75, 3.05) is 20.8 Å². The van der Waals surface area contributed by atoms with E-state index in [1.807, 2.05) is 18.2 Å². The minimum Gasteiger partial charge on any atom is -0.497 e. The third kappa shape index (κ3) is 6.49. The predicted octanol–water partition coefficient (Wildman–Crippen LogP) is 2.10. The second-order valence-electron chi connectivity index (χ2n) is 5.85. The summed E-state index contributed by atoms with van der Waals surface area (Å²) in [5, 5.41) is 6.00. The molecule has 21 heavy (non-hydrogen) atoms. The highest BCUT2D eigenvalue weighted by Crippen LogP contribution is 2.25. The molecule has 0 atom stereocenters. The summed E-state index contributed by atoms with van der Waals surface area (Å²) in [5.74, 6) is 1.45. The van der Waals surface area contributed by atoms with E-state index in [0.29, 0.717) is 19.6 Å². The molecular formula is C16H26N2O3. The maximum absolute atomic E-state index is 11.2. The first kappa shape index (κ1) is 17.3. The van der Waals surface area contributed by atoms with Crippen LogP contribution >= 0.6 is 0 Å². The SMILES string of the molecule is CNC(=O)CCOc1cc(OC)ccc1CNC(C)(C)C. The van der Waals surface area contributed by atoms with Crippen molar-refractivity contribution in [2.24, 2.45) is 0 Å². The molecule has 2 N–H and O–H groups in total. The van der Waals surface area contributed by atoms with Gasteiger partial charge in [0.05, 0.1) is 20.1 Å². The van der Waals surface area contributed by atoms with Gasteiger partial charge < -0.3 is 20.1 Å². The number of nitrogens with one attached hydrogen (secondary N) is 2. The Morgan fingerprint density at radius 2 is 2.00 bits per heavy atom. The summed E-state index contributed by atoms with van der Waals surface area (Å²) in [6.45, 7) is 7.38. The smallest absolute Gasteiger partial charge is 0.223 e. The Morgan fingerprint density at radius 1 is 1.29 bits per heavy atom. The number of benzene rings is 1. The first-order chi connectivity index (χ1) is 9.85. The number of carbonyl (C=O) groups is 1. The molecule has 0 aliphatic carbocycles. The van der Waals surface area contributed by atoms with E-state index in [0.717, 1.165) is 17.1 Å². The third-order valence-corrected chi connectivity index (χ3v) is 2.95. The molecule has 5 nitrogen and oxygen atoms in total. The molecule has 0 saturated carbocycles. The first-order valence-corrected chi connectivity index (χ1v) is 7.11. The molecule has 5 heteroatoms. The molecule has 0 heterocycles. The van der Waals surface area contributed by atoms with Crippen LogP contribution in [-0.4, -0.2) is 32.2 Å². The van der Waals surface area contributed by atoms with Gasteiger partial charge in [0, 0.05) is 30.8 Å². The topological polar surface area (TPSA) is 59.6 Å². The van der Waals surface area contributed by atoms with Crippen LogP contribution in [0.2, 0.25) is 0 Å². The van der Waals surface area contributed by atoms with Crippen molar-refractivity contribution >= 4 is 5.91 Å². The quantitative estimate of drug-likeness (QED) is 0.808. The second kappa shape index (κ2) is 7.88. The van der Waals surface area contributed by atoms with Gasteiger partial charge >= 0.3 is 0 Å². The average molecular weight is 294 g/mol. The lowest BCUT2D eigenvalue weighted by atomic mass is 10.1. The number of carbonyl (C=O) groups excluding carboxylic acids is 1. The highest BCUT2D eigenvalue weighted by Gasteiger charge is 2.12. The van der Waals surface area contributed by atoms with Crippen LogP contribution in [0, 0.1) is 0 Å². The fourth-order valence-corrected chi connectivity index (χ4v) is 1.68. The van der Waals surface area contributed by atoms with Crippen LogP contribution in [0.3, 0.4) is 0 Å². The lowest BCUT2D eigenvalue weighted by Gasteiger charge is -2.22. The highest BCUT2D eigenvalue weighted by molar-refractivity contribution is 5.75. The number of hydrogen-bond acceptors (Lipinski definition) is 4. The molecule has 1 aromatic carbocycles. The number of ether oxygens (including phenoxy) is 2. The lowest BCUT2D eigenvalue weighted by molar-refractivity contribution is -0.121. The Kier molecular flexibility index (Phi) is 6.49. The van der Waals surface area contributed by atoms with Crippen LogP contribution in [0.15, 0.2) is 18.2 Å². The van der Waals surface area contributed by atoms with Gasteiger partial charge in [0.25, 0.3) is 0 Å². The van der Waals surface area contributed by atoms with Gasteiger partial charge in [-0.3, -0.25) is 4.79 Å². The zero-order valence-corrected chi connectivity index (χ0v) is 13.6. The Balaban J connectivity index is 2.74. The molecular weight excluding hydrogens is 268 g/mol. The molecule has 0 aromatic heterocycles. The molecule has 0 unspecified atom stereocenters. The molecule has 0 aliphatic heterocycles. The minimum absolute atomic E-state index is 0.0271. The van der Waals surface area contributed by atoms with E-state index in [-0.39, 0.29) is 11.4 Å². The van der Waals surface area contributed by atoms with E-state index in [1.54, 1.807) is 14.2 Å². The van der Waals surface area contributed by atoms with Crippen molar-refractivity contribution < 1.29 is 14.3 Å². The maximum atomic E-state index is 11.2. The predicted molar refractivity (Wildman–Crippen MR) is 83.8 cm³/mol. The molecule has 0 spiro atoms. The van der Waals surface area contributed by atoms with Gasteiger partial charge in [0.1, 0.15) is 11.5 Å². The van der Waals surface area contributed by atoms with Crippen molar-refractivity contribution in [2.45, 2.75) is 39.3 Å². The van der Waals surface area contributed by atoms with E-state index >= 15 is 0 Å². The van der Waals surface area contributed by atoms with Gasteiger partial charge in [0.15, 0.2) is 0 Å². The van der Waals surface area contributed by atoms with E-state index in [2.05, 4.69) is 31.4 Å². The van der Waals surface area contributed by atoms with E-state index in [1.165, 1.54) is 0 Å². The van der Waals surface area contributed by atoms with Crippen LogP contribution < -0.4 is 20.1 Å². The Labute approximate surface area is 127 Å². The summed E-state index contributed by atoms with van der Waals surface area (Å²) in [5.41, 5.74) is 1.07. The molecule has 118 valence electrons. The van der Waals surface area contributed by atoms with Crippen molar-refractivity contribution in [3.63, 3.8) is 0 Å². The first-order valence-electron chi connectivity index (χ1n) is 7.11. The number of methoxy groups -OCH3 is 1. The lowest BCUT2D eigenvalue weighted by Crippen LogP contribution is -2.35. The zero-order valence-electron chi connectivity index (χ0n) is 13.6. The molecule has 1 aromatic rings. The molecule has 1 amide bonds. The molecule has 0 radical (unpaired) electrons. The van der Waals surface area contributed by atoms with E-state index < -0.39 is 0 Å². The van der Waals surface area contributed by atoms with Crippen molar-refractivity contribution in [3.8, 4) is 11.5 Å². The minimum atomic E-state index is -0.0349. The normalized spacial score (nSPS) is 11.1. The fourth-order valence-electron chi connectivity index (χ4n) is 1.68. The number of hydrogen-bond donors (Lipinski definition) is 2. The molecule has 0 saturated heterocycles. The standard InChI is InChI=1S/C16H26N2O3/c1-16(2,3)18-11-12-6-7-13(20-5)10-14(12)21-9-8-15(19)17-4/h6-7,10,18H,8-9,11H2,1-5H3,(H,17,19). The van der Waals surface area contributed by atoms with Gasteiger partial charge in [-0.15, -0.1) is 0 Å².